The topological polar surface area (TPSA) is 67.9 Å². The number of methoxy groups -OCH3 is 2. The van der Waals surface area contributed by atoms with Gasteiger partial charge in [0.1, 0.15) is 11.5 Å². The number of rotatable bonds is 8. The molecule has 0 radical (unpaired) electrons. The molecule has 6 nitrogen and oxygen atoms in total. The Morgan fingerprint density at radius 3 is 2.63 bits per heavy atom. The average molecular weight is 431 g/mol. The fraction of sp³-hybridized carbons (Fsp3) is 0.478. The Morgan fingerprint density at radius 2 is 2.00 bits per heavy atom. The van der Waals surface area contributed by atoms with Crippen LogP contribution in [0, 0.1) is 11.8 Å². The van der Waals surface area contributed by atoms with Gasteiger partial charge in [0.05, 0.1) is 25.0 Å². The van der Waals surface area contributed by atoms with Crippen molar-refractivity contribution in [3.63, 3.8) is 0 Å². The summed E-state index contributed by atoms with van der Waals surface area (Å²) in [7, 11) is 3.22. The molecule has 30 heavy (non-hydrogen) atoms. The molecule has 0 bridgehead atoms. The van der Waals surface area contributed by atoms with Gasteiger partial charge in [-0.15, -0.1) is 11.3 Å². The van der Waals surface area contributed by atoms with Gasteiger partial charge in [-0.2, -0.15) is 0 Å². The number of nitrogens with one attached hydrogen (secondary N) is 1. The van der Waals surface area contributed by atoms with E-state index in [0.29, 0.717) is 41.9 Å². The van der Waals surface area contributed by atoms with Gasteiger partial charge in [0.2, 0.25) is 5.91 Å². The summed E-state index contributed by atoms with van der Waals surface area (Å²) in [5, 5.41) is 4.96. The van der Waals surface area contributed by atoms with Gasteiger partial charge in [-0.05, 0) is 29.9 Å². The molecule has 1 aliphatic rings. The first-order chi connectivity index (χ1) is 14.4. The van der Waals surface area contributed by atoms with Crippen molar-refractivity contribution in [3.8, 4) is 11.5 Å². The molecular formula is C23H30N2O4S. The van der Waals surface area contributed by atoms with Gasteiger partial charge < -0.3 is 19.7 Å². The van der Waals surface area contributed by atoms with Crippen LogP contribution in [-0.4, -0.2) is 50.6 Å². The van der Waals surface area contributed by atoms with Crippen LogP contribution in [0.5, 0.6) is 11.5 Å². The summed E-state index contributed by atoms with van der Waals surface area (Å²) in [6.07, 6.45) is 0.923. The minimum absolute atomic E-state index is 0.0139. The molecule has 1 aromatic carbocycles. The maximum atomic E-state index is 13.1. The van der Waals surface area contributed by atoms with E-state index >= 15 is 0 Å². The van der Waals surface area contributed by atoms with Crippen molar-refractivity contribution in [2.45, 2.75) is 26.2 Å². The predicted octanol–water partition coefficient (Wildman–Crippen LogP) is 3.78. The molecule has 162 valence electrons. The van der Waals surface area contributed by atoms with Gasteiger partial charge in [0.15, 0.2) is 0 Å². The monoisotopic (exact) mass is 430 g/mol. The van der Waals surface area contributed by atoms with E-state index in [1.165, 1.54) is 11.3 Å². The number of carbonyl (C=O) groups is 2. The molecule has 3 rings (SSSR count). The second kappa shape index (κ2) is 9.98. The van der Waals surface area contributed by atoms with E-state index in [4.69, 9.17) is 9.47 Å². The van der Waals surface area contributed by atoms with Crippen LogP contribution in [0.3, 0.4) is 0 Å². The Kier molecular flexibility index (Phi) is 7.37. The second-order valence-electron chi connectivity index (χ2n) is 7.98. The summed E-state index contributed by atoms with van der Waals surface area (Å²) in [5.41, 5.74) is 0.920. The summed E-state index contributed by atoms with van der Waals surface area (Å²) in [4.78, 5) is 28.5. The molecule has 2 aromatic rings. The lowest BCUT2D eigenvalue weighted by molar-refractivity contribution is -0.124. The van der Waals surface area contributed by atoms with E-state index < -0.39 is 0 Å². The van der Waals surface area contributed by atoms with Crippen molar-refractivity contribution in [2.24, 2.45) is 11.8 Å². The third-order valence-corrected chi connectivity index (χ3v) is 6.39. The lowest BCUT2D eigenvalue weighted by atomic mass is 9.87. The van der Waals surface area contributed by atoms with Crippen molar-refractivity contribution in [3.05, 3.63) is 46.2 Å². The molecule has 1 fully saturated rings. The molecule has 2 amide bonds. The number of hydrogen-bond donors (Lipinski definition) is 1. The fourth-order valence-corrected chi connectivity index (χ4v) is 4.54. The molecule has 1 N–H and O–H groups in total. The van der Waals surface area contributed by atoms with Crippen molar-refractivity contribution in [1.29, 1.82) is 0 Å². The molecule has 0 aliphatic carbocycles. The number of amides is 2. The predicted molar refractivity (Wildman–Crippen MR) is 118 cm³/mol. The zero-order chi connectivity index (χ0) is 21.7. The summed E-state index contributed by atoms with van der Waals surface area (Å²) in [6, 6.07) is 9.33. The smallest absolute Gasteiger partial charge is 0.263 e. The van der Waals surface area contributed by atoms with Gasteiger partial charge >= 0.3 is 0 Å². The number of benzene rings is 1. The van der Waals surface area contributed by atoms with Crippen LogP contribution < -0.4 is 14.8 Å². The van der Waals surface area contributed by atoms with E-state index in [-0.39, 0.29) is 23.7 Å². The number of ether oxygens (including phenoxy) is 2. The maximum Gasteiger partial charge on any atom is 0.263 e. The minimum Gasteiger partial charge on any atom is -0.497 e. The van der Waals surface area contributed by atoms with Crippen molar-refractivity contribution < 1.29 is 19.1 Å². The number of thiophene rings is 1. The first-order valence-electron chi connectivity index (χ1n) is 10.3. The standard InChI is InChI=1S/C23H30N2O4S/c1-15(2)9-10-24-22(26)19-14-25(23(27)21-6-5-11-30-21)13-18(19)17-8-7-16(28-3)12-20(17)29-4/h5-8,11-12,15,18-19H,9-10,13-14H2,1-4H3,(H,24,26)/t18-,19+/m1/s1. The molecule has 1 saturated heterocycles. The van der Waals surface area contributed by atoms with Crippen molar-refractivity contribution in [2.75, 3.05) is 33.9 Å². The highest BCUT2D eigenvalue weighted by Gasteiger charge is 2.41. The third-order valence-electron chi connectivity index (χ3n) is 5.54. The first-order valence-corrected chi connectivity index (χ1v) is 11.1. The molecule has 0 unspecified atom stereocenters. The summed E-state index contributed by atoms with van der Waals surface area (Å²) >= 11 is 1.42. The Bertz CT molecular complexity index is 866. The van der Waals surface area contributed by atoms with Gasteiger partial charge in [0.25, 0.3) is 5.91 Å². The van der Waals surface area contributed by atoms with Crippen LogP contribution in [-0.2, 0) is 4.79 Å². The highest BCUT2D eigenvalue weighted by Crippen LogP contribution is 2.40. The fourth-order valence-electron chi connectivity index (χ4n) is 3.85. The highest BCUT2D eigenvalue weighted by atomic mass is 32.1. The molecule has 7 heteroatoms. The molecule has 2 heterocycles. The largest absolute Gasteiger partial charge is 0.497 e. The number of carbonyl (C=O) groups excluding carboxylic acids is 2. The Labute approximate surface area is 182 Å². The van der Waals surface area contributed by atoms with Crippen LogP contribution in [0.1, 0.15) is 41.4 Å². The van der Waals surface area contributed by atoms with Gasteiger partial charge in [-0.1, -0.05) is 26.0 Å². The molecule has 2 atom stereocenters. The van der Waals surface area contributed by atoms with Crippen LogP contribution in [0.25, 0.3) is 0 Å². The molecule has 0 spiro atoms. The highest BCUT2D eigenvalue weighted by molar-refractivity contribution is 7.12. The summed E-state index contributed by atoms with van der Waals surface area (Å²) < 4.78 is 10.9. The van der Waals surface area contributed by atoms with Crippen molar-refractivity contribution >= 4 is 23.2 Å². The van der Waals surface area contributed by atoms with Crippen LogP contribution in [0.15, 0.2) is 35.7 Å². The third kappa shape index (κ3) is 4.95. The van der Waals surface area contributed by atoms with E-state index in [9.17, 15) is 9.59 Å². The normalized spacial score (nSPS) is 18.5. The zero-order valence-electron chi connectivity index (χ0n) is 18.0. The Hall–Kier alpha value is -2.54. The van der Waals surface area contributed by atoms with E-state index in [1.807, 2.05) is 35.7 Å². The SMILES string of the molecule is COc1ccc([C@H]2CN(C(=O)c3cccs3)C[C@@H]2C(=O)NCCC(C)C)c(OC)c1. The van der Waals surface area contributed by atoms with Crippen LogP contribution >= 0.6 is 11.3 Å². The maximum absolute atomic E-state index is 13.1. The lowest BCUT2D eigenvalue weighted by Gasteiger charge is -2.21. The van der Waals surface area contributed by atoms with E-state index in [0.717, 1.165) is 12.0 Å². The summed E-state index contributed by atoms with van der Waals surface area (Å²) in [5.74, 6) is 1.36. The number of hydrogen-bond acceptors (Lipinski definition) is 5. The Morgan fingerprint density at radius 1 is 1.20 bits per heavy atom. The van der Waals surface area contributed by atoms with Crippen LogP contribution in [0.2, 0.25) is 0 Å². The number of nitrogens with zero attached hydrogens (tertiary/aromatic N) is 1. The van der Waals surface area contributed by atoms with Crippen molar-refractivity contribution in [1.82, 2.24) is 10.2 Å². The number of likely N-dealkylation sites (tertiary alicyclic amines) is 1. The zero-order valence-corrected chi connectivity index (χ0v) is 18.8. The lowest BCUT2D eigenvalue weighted by Crippen LogP contribution is -2.36. The van der Waals surface area contributed by atoms with Gasteiger partial charge in [0, 0.05) is 37.2 Å². The second-order valence-corrected chi connectivity index (χ2v) is 8.93. The van der Waals surface area contributed by atoms with E-state index in [2.05, 4.69) is 19.2 Å². The Balaban J connectivity index is 1.86. The molecular weight excluding hydrogens is 400 g/mol. The average Bonchev–Trinajstić information content (AvgIpc) is 3.42. The van der Waals surface area contributed by atoms with Crippen LogP contribution in [0.4, 0.5) is 0 Å². The molecule has 0 saturated carbocycles. The first kappa shape index (κ1) is 22.2. The minimum atomic E-state index is -0.330. The van der Waals surface area contributed by atoms with Gasteiger partial charge in [-0.25, -0.2) is 0 Å². The summed E-state index contributed by atoms with van der Waals surface area (Å²) in [6.45, 7) is 5.77. The molecule has 1 aliphatic heterocycles. The van der Waals surface area contributed by atoms with Gasteiger partial charge in [-0.3, -0.25) is 9.59 Å². The quantitative estimate of drug-likeness (QED) is 0.692. The molecule has 1 aromatic heterocycles. The van der Waals surface area contributed by atoms with E-state index in [1.54, 1.807) is 19.1 Å².